The molecular weight excluding hydrogens is 392 g/mol. The van der Waals surface area contributed by atoms with Crippen molar-refractivity contribution in [2.75, 3.05) is 24.7 Å². The van der Waals surface area contributed by atoms with E-state index in [1.165, 1.54) is 5.01 Å². The van der Waals surface area contributed by atoms with Gasteiger partial charge < -0.3 is 15.0 Å². The summed E-state index contributed by atoms with van der Waals surface area (Å²) < 4.78 is 5.62. The molecule has 0 atom stereocenters. The monoisotopic (exact) mass is 414 g/mol. The number of ether oxygens (including phenoxy) is 1. The van der Waals surface area contributed by atoms with Crippen LogP contribution < -0.4 is 20.5 Å². The third kappa shape index (κ3) is 4.16. The summed E-state index contributed by atoms with van der Waals surface area (Å²) in [6, 6.07) is 14.6. The maximum Gasteiger partial charge on any atom is 0.338 e. The zero-order chi connectivity index (χ0) is 20.4. The molecule has 29 heavy (non-hydrogen) atoms. The van der Waals surface area contributed by atoms with Gasteiger partial charge in [0.1, 0.15) is 11.4 Å². The summed E-state index contributed by atoms with van der Waals surface area (Å²) in [5, 5.41) is 4.96. The van der Waals surface area contributed by atoms with Gasteiger partial charge in [0, 0.05) is 25.9 Å². The SMILES string of the molecule is Cc1cccc(OCC(=O)N2CCC3(CC2)NC(=O)N(c2ccccc2Cl)N3)c1. The lowest BCUT2D eigenvalue weighted by Crippen LogP contribution is -2.59. The van der Waals surface area contributed by atoms with E-state index in [4.69, 9.17) is 16.3 Å². The number of carbonyl (C=O) groups excluding carboxylic acids is 2. The lowest BCUT2D eigenvalue weighted by atomic mass is 9.98. The predicted molar refractivity (Wildman–Crippen MR) is 111 cm³/mol. The van der Waals surface area contributed by atoms with Gasteiger partial charge in [0.2, 0.25) is 0 Å². The Labute approximate surface area is 174 Å². The third-order valence-electron chi connectivity index (χ3n) is 5.29. The lowest BCUT2D eigenvalue weighted by molar-refractivity contribution is -0.135. The van der Waals surface area contributed by atoms with E-state index in [9.17, 15) is 9.59 Å². The molecule has 152 valence electrons. The molecule has 7 nitrogen and oxygen atoms in total. The zero-order valence-electron chi connectivity index (χ0n) is 16.2. The standard InChI is InChI=1S/C21H23ClN4O3/c1-15-5-4-6-16(13-15)29-14-19(27)25-11-9-21(10-12-25)23-20(28)26(24-21)18-8-3-2-7-17(18)22/h2-8,13,24H,9-12,14H2,1H3,(H,23,28). The number of anilines is 1. The van der Waals surface area contributed by atoms with Crippen molar-refractivity contribution in [1.29, 1.82) is 0 Å². The largest absolute Gasteiger partial charge is 0.484 e. The minimum atomic E-state index is -0.579. The summed E-state index contributed by atoms with van der Waals surface area (Å²) in [7, 11) is 0. The van der Waals surface area contributed by atoms with Gasteiger partial charge in [-0.05, 0) is 36.8 Å². The molecule has 3 amide bonds. The van der Waals surface area contributed by atoms with Gasteiger partial charge in [-0.15, -0.1) is 0 Å². The molecule has 0 bridgehead atoms. The first-order chi connectivity index (χ1) is 14.0. The number of urea groups is 1. The number of carbonyl (C=O) groups is 2. The highest BCUT2D eigenvalue weighted by molar-refractivity contribution is 6.33. The van der Waals surface area contributed by atoms with Gasteiger partial charge in [-0.2, -0.15) is 0 Å². The summed E-state index contributed by atoms with van der Waals surface area (Å²) in [5.41, 5.74) is 4.37. The lowest BCUT2D eigenvalue weighted by Gasteiger charge is -2.38. The van der Waals surface area contributed by atoms with Crippen LogP contribution in [-0.2, 0) is 4.79 Å². The number of hydrazine groups is 1. The number of halogens is 1. The highest BCUT2D eigenvalue weighted by Crippen LogP contribution is 2.31. The van der Waals surface area contributed by atoms with Crippen LogP contribution in [0.3, 0.4) is 0 Å². The number of hydrogen-bond acceptors (Lipinski definition) is 4. The van der Waals surface area contributed by atoms with Crippen molar-refractivity contribution < 1.29 is 14.3 Å². The average Bonchev–Trinajstić information content (AvgIpc) is 3.02. The average molecular weight is 415 g/mol. The van der Waals surface area contributed by atoms with Crippen LogP contribution in [0.4, 0.5) is 10.5 Å². The summed E-state index contributed by atoms with van der Waals surface area (Å²) in [6.45, 7) is 3.04. The maximum atomic E-state index is 12.5. The number of hydrogen-bond donors (Lipinski definition) is 2. The first-order valence-corrected chi connectivity index (χ1v) is 9.95. The van der Waals surface area contributed by atoms with E-state index in [1.807, 2.05) is 43.3 Å². The van der Waals surface area contributed by atoms with Gasteiger partial charge in [0.05, 0.1) is 10.7 Å². The number of nitrogens with zero attached hydrogens (tertiary/aromatic N) is 2. The molecule has 0 unspecified atom stereocenters. The summed E-state index contributed by atoms with van der Waals surface area (Å²) >= 11 is 6.23. The topological polar surface area (TPSA) is 73.9 Å². The van der Waals surface area contributed by atoms with Crippen LogP contribution in [-0.4, -0.2) is 42.2 Å². The van der Waals surface area contributed by atoms with Crippen molar-refractivity contribution in [3.05, 3.63) is 59.1 Å². The predicted octanol–water partition coefficient (Wildman–Crippen LogP) is 3.08. The molecular formula is C21H23ClN4O3. The summed E-state index contributed by atoms with van der Waals surface area (Å²) in [6.07, 6.45) is 1.19. The number of benzene rings is 2. The molecule has 2 heterocycles. The second-order valence-electron chi connectivity index (χ2n) is 7.40. The van der Waals surface area contributed by atoms with E-state index < -0.39 is 5.66 Å². The fraction of sp³-hybridized carbons (Fsp3) is 0.333. The van der Waals surface area contributed by atoms with Gasteiger partial charge in [0.25, 0.3) is 5.91 Å². The molecule has 2 aliphatic heterocycles. The van der Waals surface area contributed by atoms with Crippen LogP contribution in [0.2, 0.25) is 5.02 Å². The fourth-order valence-corrected chi connectivity index (χ4v) is 3.89. The van der Waals surface area contributed by atoms with E-state index in [-0.39, 0.29) is 18.5 Å². The molecule has 0 radical (unpaired) electrons. The molecule has 0 saturated carbocycles. The van der Waals surface area contributed by atoms with Gasteiger partial charge in [-0.25, -0.2) is 15.2 Å². The Balaban J connectivity index is 1.34. The van der Waals surface area contributed by atoms with Gasteiger partial charge in [-0.1, -0.05) is 35.9 Å². The van der Waals surface area contributed by atoms with E-state index >= 15 is 0 Å². The number of nitrogens with one attached hydrogen (secondary N) is 2. The Morgan fingerprint density at radius 1 is 1.17 bits per heavy atom. The van der Waals surface area contributed by atoms with Crippen molar-refractivity contribution in [2.24, 2.45) is 0 Å². The molecule has 0 aliphatic carbocycles. The van der Waals surface area contributed by atoms with Gasteiger partial charge >= 0.3 is 6.03 Å². The Morgan fingerprint density at radius 2 is 1.93 bits per heavy atom. The highest BCUT2D eigenvalue weighted by Gasteiger charge is 2.45. The van der Waals surface area contributed by atoms with Crippen LogP contribution >= 0.6 is 11.6 Å². The minimum Gasteiger partial charge on any atom is -0.484 e. The Kier molecular flexibility index (Phi) is 5.34. The molecule has 4 rings (SSSR count). The number of para-hydroxylation sites is 1. The van der Waals surface area contributed by atoms with Crippen LogP contribution in [0.1, 0.15) is 18.4 Å². The van der Waals surface area contributed by atoms with E-state index in [0.717, 1.165) is 5.56 Å². The van der Waals surface area contributed by atoms with Crippen molar-refractivity contribution in [2.45, 2.75) is 25.4 Å². The van der Waals surface area contributed by atoms with Gasteiger partial charge in [0.15, 0.2) is 6.61 Å². The molecule has 0 aromatic heterocycles. The molecule has 2 aliphatic rings. The Hall–Kier alpha value is -2.77. The molecule has 2 saturated heterocycles. The van der Waals surface area contributed by atoms with Gasteiger partial charge in [-0.3, -0.25) is 4.79 Å². The Bertz CT molecular complexity index is 928. The normalized spacial score (nSPS) is 18.1. The summed E-state index contributed by atoms with van der Waals surface area (Å²) in [4.78, 5) is 26.8. The number of piperidine rings is 1. The highest BCUT2D eigenvalue weighted by atomic mass is 35.5. The third-order valence-corrected chi connectivity index (χ3v) is 5.61. The van der Waals surface area contributed by atoms with E-state index in [2.05, 4.69) is 10.7 Å². The first kappa shape index (κ1) is 19.5. The molecule has 2 fully saturated rings. The van der Waals surface area contributed by atoms with Crippen LogP contribution in [0, 0.1) is 6.92 Å². The fourth-order valence-electron chi connectivity index (χ4n) is 3.67. The van der Waals surface area contributed by atoms with Crippen molar-refractivity contribution in [1.82, 2.24) is 15.6 Å². The number of aryl methyl sites for hydroxylation is 1. The van der Waals surface area contributed by atoms with Crippen molar-refractivity contribution in [3.8, 4) is 5.75 Å². The minimum absolute atomic E-state index is 0.00197. The van der Waals surface area contributed by atoms with E-state index in [1.54, 1.807) is 17.0 Å². The second kappa shape index (κ2) is 7.93. The molecule has 2 aromatic carbocycles. The second-order valence-corrected chi connectivity index (χ2v) is 7.80. The quantitative estimate of drug-likeness (QED) is 0.806. The number of rotatable bonds is 4. The number of likely N-dealkylation sites (tertiary alicyclic amines) is 1. The van der Waals surface area contributed by atoms with Crippen molar-refractivity contribution in [3.63, 3.8) is 0 Å². The first-order valence-electron chi connectivity index (χ1n) is 9.58. The van der Waals surface area contributed by atoms with Crippen molar-refractivity contribution >= 4 is 29.2 Å². The molecule has 8 heteroatoms. The number of amides is 3. The molecule has 2 aromatic rings. The molecule has 1 spiro atoms. The maximum absolute atomic E-state index is 12.5. The Morgan fingerprint density at radius 3 is 2.66 bits per heavy atom. The smallest absolute Gasteiger partial charge is 0.338 e. The zero-order valence-corrected chi connectivity index (χ0v) is 16.9. The van der Waals surface area contributed by atoms with Crippen LogP contribution in [0.15, 0.2) is 48.5 Å². The van der Waals surface area contributed by atoms with E-state index in [0.29, 0.717) is 42.4 Å². The summed E-state index contributed by atoms with van der Waals surface area (Å²) in [5.74, 6) is 0.626. The van der Waals surface area contributed by atoms with Crippen LogP contribution in [0.25, 0.3) is 0 Å². The molecule has 2 N–H and O–H groups in total. The van der Waals surface area contributed by atoms with Crippen LogP contribution in [0.5, 0.6) is 5.75 Å².